The molecule has 154 valence electrons. The molecule has 0 saturated heterocycles. The number of rotatable bonds is 4. The van der Waals surface area contributed by atoms with E-state index < -0.39 is 28.6 Å². The number of fused-ring (bicyclic) bond motifs is 3. The average Bonchev–Trinajstić information content (AvgIpc) is 3.39. The lowest BCUT2D eigenvalue weighted by atomic mass is 9.86. The van der Waals surface area contributed by atoms with E-state index in [9.17, 15) is 14.4 Å². The first-order valence-electron chi connectivity index (χ1n) is 10.2. The molecule has 1 aliphatic heterocycles. The van der Waals surface area contributed by atoms with Crippen LogP contribution < -0.4 is 10.1 Å². The number of ketones is 1. The van der Waals surface area contributed by atoms with Crippen molar-refractivity contribution in [2.24, 2.45) is 10.8 Å². The topological polar surface area (TPSA) is 72.5 Å². The number of hydrogen-bond acceptors (Lipinski definition) is 4. The molecule has 31 heavy (non-hydrogen) atoms. The molecule has 1 aliphatic carbocycles. The van der Waals surface area contributed by atoms with Gasteiger partial charge < -0.3 is 10.1 Å². The maximum atomic E-state index is 13.7. The molecule has 5 heteroatoms. The molecule has 0 spiro atoms. The van der Waals surface area contributed by atoms with Gasteiger partial charge in [-0.15, -0.1) is 0 Å². The van der Waals surface area contributed by atoms with Crippen LogP contribution in [-0.2, 0) is 9.59 Å². The van der Waals surface area contributed by atoms with E-state index in [0.29, 0.717) is 22.6 Å². The SMILES string of the molecule is Cc1ccc(NC(=O)[C@]23C(=O)Oc4ccccc4[C@@H]2[C@@]3(C)C(=O)c2ccccc2)cc1. The number of carbonyl (C=O) groups is 3. The minimum absolute atomic E-state index is 0.245. The van der Waals surface area contributed by atoms with Crippen LogP contribution in [0.2, 0.25) is 0 Å². The quantitative estimate of drug-likeness (QED) is 0.296. The van der Waals surface area contributed by atoms with Gasteiger partial charge in [-0.1, -0.05) is 66.2 Å². The molecule has 1 fully saturated rings. The Hall–Kier alpha value is -3.73. The van der Waals surface area contributed by atoms with Gasteiger partial charge >= 0.3 is 5.97 Å². The predicted octanol–water partition coefficient (Wildman–Crippen LogP) is 4.53. The fourth-order valence-corrected chi connectivity index (χ4v) is 5.01. The second kappa shape index (κ2) is 6.64. The van der Waals surface area contributed by atoms with Crippen LogP contribution >= 0.6 is 0 Å². The zero-order chi connectivity index (χ0) is 21.8. The Morgan fingerprint density at radius 3 is 2.26 bits per heavy atom. The van der Waals surface area contributed by atoms with Gasteiger partial charge in [0.25, 0.3) is 0 Å². The summed E-state index contributed by atoms with van der Waals surface area (Å²) >= 11 is 0. The Balaban J connectivity index is 1.63. The smallest absolute Gasteiger partial charge is 0.328 e. The summed E-state index contributed by atoms with van der Waals surface area (Å²) in [6, 6.07) is 23.2. The molecule has 5 rings (SSSR count). The van der Waals surface area contributed by atoms with Crippen molar-refractivity contribution >= 4 is 23.3 Å². The van der Waals surface area contributed by atoms with Gasteiger partial charge in [-0.3, -0.25) is 14.4 Å². The maximum absolute atomic E-state index is 13.7. The van der Waals surface area contributed by atoms with Gasteiger partial charge in [-0.05, 0) is 32.0 Å². The van der Waals surface area contributed by atoms with Crippen LogP contribution in [0.25, 0.3) is 0 Å². The number of esters is 1. The van der Waals surface area contributed by atoms with E-state index in [0.717, 1.165) is 5.56 Å². The summed E-state index contributed by atoms with van der Waals surface area (Å²) in [5.41, 5.74) is -0.0982. The van der Waals surface area contributed by atoms with Gasteiger partial charge in [0, 0.05) is 22.7 Å². The number of Topliss-reactive ketones (excluding diaryl/α,β-unsaturated/α-hetero) is 1. The number of aryl methyl sites for hydroxylation is 1. The number of nitrogens with one attached hydrogen (secondary N) is 1. The van der Waals surface area contributed by atoms with Crippen LogP contribution in [0.5, 0.6) is 5.75 Å². The first-order valence-corrected chi connectivity index (χ1v) is 10.2. The molecular weight excluding hydrogens is 390 g/mol. The standard InChI is InChI=1S/C26H21NO4/c1-16-12-14-18(15-13-16)27-23(29)26-21(19-10-6-7-11-20(19)31-24(26)30)25(26,2)22(28)17-8-4-3-5-9-17/h3-15,21H,1-2H3,(H,27,29)/t21-,25+,26+/m1/s1. The lowest BCUT2D eigenvalue weighted by molar-refractivity contribution is -0.147. The third-order valence-corrected chi connectivity index (χ3v) is 6.68. The lowest BCUT2D eigenvalue weighted by Gasteiger charge is -2.23. The molecule has 0 aromatic heterocycles. The second-order valence-electron chi connectivity index (χ2n) is 8.39. The Bertz CT molecular complexity index is 1220. The normalized spacial score (nSPS) is 25.6. The summed E-state index contributed by atoms with van der Waals surface area (Å²) in [4.78, 5) is 40.6. The average molecular weight is 411 g/mol. The summed E-state index contributed by atoms with van der Waals surface area (Å²) in [5, 5.41) is 2.85. The van der Waals surface area contributed by atoms with E-state index in [1.165, 1.54) is 0 Å². The largest absolute Gasteiger partial charge is 0.425 e. The Morgan fingerprint density at radius 1 is 0.903 bits per heavy atom. The van der Waals surface area contributed by atoms with Crippen molar-refractivity contribution in [1.29, 1.82) is 0 Å². The summed E-state index contributed by atoms with van der Waals surface area (Å²) in [7, 11) is 0. The number of para-hydroxylation sites is 1. The van der Waals surface area contributed by atoms with Gasteiger partial charge in [0.05, 0.1) is 5.41 Å². The zero-order valence-corrected chi connectivity index (χ0v) is 17.2. The third kappa shape index (κ3) is 2.53. The van der Waals surface area contributed by atoms with E-state index in [1.54, 1.807) is 55.5 Å². The van der Waals surface area contributed by atoms with E-state index >= 15 is 0 Å². The molecule has 3 atom stereocenters. The molecular formula is C26H21NO4. The second-order valence-corrected chi connectivity index (χ2v) is 8.39. The van der Waals surface area contributed by atoms with Crippen LogP contribution in [0.15, 0.2) is 78.9 Å². The van der Waals surface area contributed by atoms with Crippen LogP contribution in [0, 0.1) is 17.8 Å². The van der Waals surface area contributed by atoms with Crippen molar-refractivity contribution in [3.05, 3.63) is 95.6 Å². The van der Waals surface area contributed by atoms with Crippen molar-refractivity contribution in [2.75, 3.05) is 5.32 Å². The number of benzene rings is 3. The van der Waals surface area contributed by atoms with Gasteiger partial charge in [0.1, 0.15) is 5.75 Å². The highest BCUT2D eigenvalue weighted by Gasteiger charge is 2.88. The minimum atomic E-state index is -1.63. The van der Waals surface area contributed by atoms with Crippen molar-refractivity contribution < 1.29 is 19.1 Å². The Morgan fingerprint density at radius 2 is 1.55 bits per heavy atom. The summed E-state index contributed by atoms with van der Waals surface area (Å²) < 4.78 is 5.60. The summed E-state index contributed by atoms with van der Waals surface area (Å²) in [6.07, 6.45) is 0. The minimum Gasteiger partial charge on any atom is -0.425 e. The predicted molar refractivity (Wildman–Crippen MR) is 116 cm³/mol. The molecule has 0 radical (unpaired) electrons. The molecule has 1 heterocycles. The van der Waals surface area contributed by atoms with Gasteiger partial charge in [-0.2, -0.15) is 0 Å². The Kier molecular flexibility index (Phi) is 4.12. The highest BCUT2D eigenvalue weighted by molar-refractivity contribution is 6.23. The molecule has 5 nitrogen and oxygen atoms in total. The summed E-state index contributed by atoms with van der Waals surface area (Å²) in [6.45, 7) is 3.65. The van der Waals surface area contributed by atoms with Crippen LogP contribution in [0.3, 0.4) is 0 Å². The molecule has 1 saturated carbocycles. The zero-order valence-electron chi connectivity index (χ0n) is 17.2. The van der Waals surface area contributed by atoms with Crippen LogP contribution in [0.1, 0.15) is 34.3 Å². The Labute approximate surface area is 180 Å². The number of anilines is 1. The van der Waals surface area contributed by atoms with Gasteiger partial charge in [-0.25, -0.2) is 0 Å². The first-order chi connectivity index (χ1) is 14.9. The van der Waals surface area contributed by atoms with Gasteiger partial charge in [0.2, 0.25) is 5.91 Å². The number of hydrogen-bond donors (Lipinski definition) is 1. The molecule has 0 unspecified atom stereocenters. The molecule has 1 N–H and O–H groups in total. The fraction of sp³-hybridized carbons (Fsp3) is 0.192. The third-order valence-electron chi connectivity index (χ3n) is 6.68. The summed E-state index contributed by atoms with van der Waals surface area (Å²) in [5.74, 6) is -1.65. The van der Waals surface area contributed by atoms with E-state index in [1.807, 2.05) is 37.3 Å². The lowest BCUT2D eigenvalue weighted by Crippen LogP contribution is -2.42. The van der Waals surface area contributed by atoms with E-state index in [4.69, 9.17) is 4.74 Å². The van der Waals surface area contributed by atoms with E-state index in [2.05, 4.69) is 5.32 Å². The van der Waals surface area contributed by atoms with Crippen molar-refractivity contribution in [3.8, 4) is 5.75 Å². The highest BCUT2D eigenvalue weighted by atomic mass is 16.5. The number of amides is 1. The van der Waals surface area contributed by atoms with E-state index in [-0.39, 0.29) is 5.78 Å². The van der Waals surface area contributed by atoms with Crippen LogP contribution in [-0.4, -0.2) is 17.7 Å². The van der Waals surface area contributed by atoms with Crippen molar-refractivity contribution in [1.82, 2.24) is 0 Å². The highest BCUT2D eigenvalue weighted by Crippen LogP contribution is 2.78. The van der Waals surface area contributed by atoms with Crippen molar-refractivity contribution in [3.63, 3.8) is 0 Å². The van der Waals surface area contributed by atoms with Gasteiger partial charge in [0.15, 0.2) is 11.2 Å². The fourth-order valence-electron chi connectivity index (χ4n) is 5.01. The molecule has 0 bridgehead atoms. The monoisotopic (exact) mass is 411 g/mol. The number of carbonyl (C=O) groups excluding carboxylic acids is 3. The van der Waals surface area contributed by atoms with Crippen molar-refractivity contribution in [2.45, 2.75) is 19.8 Å². The molecule has 3 aromatic carbocycles. The maximum Gasteiger partial charge on any atom is 0.328 e. The first kappa shape index (κ1) is 19.2. The number of ether oxygens (including phenoxy) is 1. The van der Waals surface area contributed by atoms with Crippen LogP contribution in [0.4, 0.5) is 5.69 Å². The molecule has 1 amide bonds. The molecule has 2 aliphatic rings. The molecule has 3 aromatic rings.